The highest BCUT2D eigenvalue weighted by Crippen LogP contribution is 2.26. The Morgan fingerprint density at radius 3 is 2.41 bits per heavy atom. The highest BCUT2D eigenvalue weighted by Gasteiger charge is 2.22. The number of para-hydroxylation sites is 1. The van der Waals surface area contributed by atoms with Crippen molar-refractivity contribution in [2.45, 2.75) is 13.0 Å². The number of amides is 1. The summed E-state index contributed by atoms with van der Waals surface area (Å²) in [6.07, 6.45) is -0.209. The fraction of sp³-hybridized carbons (Fsp3) is 0.176. The van der Waals surface area contributed by atoms with Crippen LogP contribution >= 0.6 is 23.2 Å². The number of halogens is 2. The van der Waals surface area contributed by atoms with E-state index in [0.717, 1.165) is 6.26 Å². The van der Waals surface area contributed by atoms with Crippen LogP contribution < -0.4 is 10.0 Å². The smallest absolute Gasteiger partial charge is 0.341 e. The van der Waals surface area contributed by atoms with Crippen molar-refractivity contribution in [1.29, 1.82) is 0 Å². The average Bonchev–Trinajstić information content (AvgIpc) is 2.57. The Kier molecular flexibility index (Phi) is 6.69. The quantitative estimate of drug-likeness (QED) is 0.682. The molecule has 0 aromatic heterocycles. The van der Waals surface area contributed by atoms with Gasteiger partial charge in [-0.2, -0.15) is 0 Å². The van der Waals surface area contributed by atoms with E-state index in [1.54, 1.807) is 18.2 Å². The van der Waals surface area contributed by atoms with Crippen LogP contribution in [0.3, 0.4) is 0 Å². The molecular weight excluding hydrogens is 415 g/mol. The predicted molar refractivity (Wildman–Crippen MR) is 105 cm³/mol. The second kappa shape index (κ2) is 8.60. The molecule has 0 saturated heterocycles. The molecule has 2 aromatic carbocycles. The van der Waals surface area contributed by atoms with Gasteiger partial charge in [0.2, 0.25) is 10.0 Å². The van der Waals surface area contributed by atoms with Gasteiger partial charge in [0.1, 0.15) is 0 Å². The molecular formula is C17H16Cl2N2O5S. The number of anilines is 2. The molecule has 2 rings (SSSR count). The molecule has 27 heavy (non-hydrogen) atoms. The molecule has 0 bridgehead atoms. The van der Waals surface area contributed by atoms with Crippen LogP contribution in [-0.4, -0.2) is 32.7 Å². The van der Waals surface area contributed by atoms with Crippen molar-refractivity contribution < 1.29 is 22.7 Å². The van der Waals surface area contributed by atoms with Gasteiger partial charge in [-0.25, -0.2) is 13.2 Å². The standard InChI is InChI=1S/C17H16Cl2N2O5S/c1-10(16(22)20-15-9-11(18)7-8-13(15)19)26-17(23)12-5-3-4-6-14(12)21-27(2,24)25/h3-10,21H,1-2H3,(H,20,22)/t10-/m0/s1. The first kappa shape index (κ1) is 21.0. The molecule has 1 atom stereocenters. The topological polar surface area (TPSA) is 102 Å². The number of sulfonamides is 1. The molecule has 0 aliphatic rings. The minimum Gasteiger partial charge on any atom is -0.449 e. The maximum Gasteiger partial charge on any atom is 0.341 e. The molecule has 7 nitrogen and oxygen atoms in total. The van der Waals surface area contributed by atoms with Crippen molar-refractivity contribution in [1.82, 2.24) is 0 Å². The number of ether oxygens (including phenoxy) is 1. The Bertz CT molecular complexity index is 979. The van der Waals surface area contributed by atoms with E-state index < -0.39 is 28.0 Å². The second-order valence-electron chi connectivity index (χ2n) is 5.58. The molecule has 0 aliphatic heterocycles. The van der Waals surface area contributed by atoms with Gasteiger partial charge in [-0.3, -0.25) is 9.52 Å². The molecule has 2 N–H and O–H groups in total. The van der Waals surface area contributed by atoms with Crippen LogP contribution in [0.4, 0.5) is 11.4 Å². The van der Waals surface area contributed by atoms with Crippen molar-refractivity contribution in [3.63, 3.8) is 0 Å². The van der Waals surface area contributed by atoms with E-state index in [9.17, 15) is 18.0 Å². The minimum atomic E-state index is -3.59. The first-order valence-corrected chi connectivity index (χ1v) is 10.3. The molecule has 2 aromatic rings. The molecule has 10 heteroatoms. The molecule has 0 aliphatic carbocycles. The van der Waals surface area contributed by atoms with Crippen LogP contribution in [0, 0.1) is 0 Å². The van der Waals surface area contributed by atoms with Crippen LogP contribution in [0.2, 0.25) is 10.0 Å². The van der Waals surface area contributed by atoms with Gasteiger partial charge >= 0.3 is 5.97 Å². The summed E-state index contributed by atoms with van der Waals surface area (Å²) in [7, 11) is -3.59. The highest BCUT2D eigenvalue weighted by atomic mass is 35.5. The molecule has 0 heterocycles. The van der Waals surface area contributed by atoms with Crippen LogP contribution in [0.25, 0.3) is 0 Å². The van der Waals surface area contributed by atoms with E-state index in [2.05, 4.69) is 10.0 Å². The molecule has 0 saturated carbocycles. The summed E-state index contributed by atoms with van der Waals surface area (Å²) < 4.78 is 30.2. The molecule has 0 spiro atoms. The lowest BCUT2D eigenvalue weighted by atomic mass is 10.2. The normalized spacial score (nSPS) is 12.1. The van der Waals surface area contributed by atoms with Crippen LogP contribution in [0.15, 0.2) is 42.5 Å². The van der Waals surface area contributed by atoms with E-state index in [1.807, 2.05) is 0 Å². The summed E-state index contributed by atoms with van der Waals surface area (Å²) in [5.74, 6) is -1.48. The average molecular weight is 431 g/mol. The molecule has 1 amide bonds. The number of rotatable bonds is 6. The third kappa shape index (κ3) is 6.13. The number of benzene rings is 2. The van der Waals surface area contributed by atoms with Gasteiger partial charge in [-0.1, -0.05) is 35.3 Å². The maximum atomic E-state index is 12.4. The lowest BCUT2D eigenvalue weighted by Gasteiger charge is -2.16. The van der Waals surface area contributed by atoms with Crippen molar-refractivity contribution >= 4 is 56.5 Å². The molecule has 0 unspecified atom stereocenters. The van der Waals surface area contributed by atoms with Crippen LogP contribution in [-0.2, 0) is 19.6 Å². The van der Waals surface area contributed by atoms with E-state index in [0.29, 0.717) is 5.02 Å². The van der Waals surface area contributed by atoms with Crippen molar-refractivity contribution in [3.05, 3.63) is 58.1 Å². The fourth-order valence-electron chi connectivity index (χ4n) is 2.06. The Labute approximate surface area is 166 Å². The third-order valence-electron chi connectivity index (χ3n) is 3.28. The summed E-state index contributed by atoms with van der Waals surface area (Å²) in [5.41, 5.74) is 0.301. The summed E-state index contributed by atoms with van der Waals surface area (Å²) in [5, 5.41) is 3.16. The predicted octanol–water partition coefficient (Wildman–Crippen LogP) is 3.55. The third-order valence-corrected chi connectivity index (χ3v) is 4.44. The first-order valence-electron chi connectivity index (χ1n) is 7.60. The Morgan fingerprint density at radius 1 is 1.07 bits per heavy atom. The second-order valence-corrected chi connectivity index (χ2v) is 8.17. The van der Waals surface area contributed by atoms with Gasteiger partial charge in [0, 0.05) is 5.02 Å². The number of esters is 1. The van der Waals surface area contributed by atoms with Crippen LogP contribution in [0.5, 0.6) is 0 Å². The number of carbonyl (C=O) groups excluding carboxylic acids is 2. The number of carbonyl (C=O) groups is 2. The van der Waals surface area contributed by atoms with Gasteiger partial charge in [-0.15, -0.1) is 0 Å². The minimum absolute atomic E-state index is 0.0247. The zero-order valence-corrected chi connectivity index (χ0v) is 16.7. The lowest BCUT2D eigenvalue weighted by Crippen LogP contribution is -2.30. The van der Waals surface area contributed by atoms with Gasteiger partial charge in [0.05, 0.1) is 28.2 Å². The first-order chi connectivity index (χ1) is 12.6. The number of hydrogen-bond donors (Lipinski definition) is 2. The van der Waals surface area contributed by atoms with E-state index in [-0.39, 0.29) is 22.0 Å². The molecule has 144 valence electrons. The monoisotopic (exact) mass is 430 g/mol. The largest absolute Gasteiger partial charge is 0.449 e. The van der Waals surface area contributed by atoms with Gasteiger partial charge in [0.15, 0.2) is 6.10 Å². The summed E-state index contributed by atoms with van der Waals surface area (Å²) in [6.45, 7) is 1.37. The highest BCUT2D eigenvalue weighted by molar-refractivity contribution is 7.92. The summed E-state index contributed by atoms with van der Waals surface area (Å²) in [6, 6.07) is 10.4. The molecule has 0 fully saturated rings. The van der Waals surface area contributed by atoms with Crippen molar-refractivity contribution in [2.75, 3.05) is 16.3 Å². The number of hydrogen-bond acceptors (Lipinski definition) is 5. The zero-order valence-electron chi connectivity index (χ0n) is 14.3. The SMILES string of the molecule is C[C@H](OC(=O)c1ccccc1NS(C)(=O)=O)C(=O)Nc1cc(Cl)ccc1Cl. The van der Waals surface area contributed by atoms with Gasteiger partial charge in [0.25, 0.3) is 5.91 Å². The lowest BCUT2D eigenvalue weighted by molar-refractivity contribution is -0.123. The van der Waals surface area contributed by atoms with E-state index in [1.165, 1.54) is 31.2 Å². The Hall–Kier alpha value is -2.29. The maximum absolute atomic E-state index is 12.4. The summed E-state index contributed by atoms with van der Waals surface area (Å²) in [4.78, 5) is 24.6. The van der Waals surface area contributed by atoms with Gasteiger partial charge < -0.3 is 10.1 Å². The number of nitrogens with one attached hydrogen (secondary N) is 2. The fourth-order valence-corrected chi connectivity index (χ4v) is 2.97. The van der Waals surface area contributed by atoms with E-state index >= 15 is 0 Å². The van der Waals surface area contributed by atoms with Crippen molar-refractivity contribution in [3.8, 4) is 0 Å². The van der Waals surface area contributed by atoms with Gasteiger partial charge in [-0.05, 0) is 37.3 Å². The Morgan fingerprint density at radius 2 is 1.74 bits per heavy atom. The molecule has 0 radical (unpaired) electrons. The van der Waals surface area contributed by atoms with Crippen LogP contribution in [0.1, 0.15) is 17.3 Å². The zero-order chi connectivity index (χ0) is 20.2. The van der Waals surface area contributed by atoms with E-state index in [4.69, 9.17) is 27.9 Å². The van der Waals surface area contributed by atoms with Crippen molar-refractivity contribution in [2.24, 2.45) is 0 Å². The summed E-state index contributed by atoms with van der Waals surface area (Å²) >= 11 is 11.8. The Balaban J connectivity index is 2.11.